The maximum Gasteiger partial charge on any atom is 0.268 e. The Morgan fingerprint density at radius 3 is 2.61 bits per heavy atom. The zero-order chi connectivity index (χ0) is 16.0. The summed E-state index contributed by atoms with van der Waals surface area (Å²) < 4.78 is 27.5. The van der Waals surface area contributed by atoms with Gasteiger partial charge in [-0.25, -0.2) is 12.4 Å². The number of aromatic nitrogens is 1. The lowest BCUT2D eigenvalue weighted by atomic mass is 10.1. The first-order chi connectivity index (χ1) is 11.1. The van der Waals surface area contributed by atoms with Crippen molar-refractivity contribution in [3.63, 3.8) is 0 Å². The minimum Gasteiger partial charge on any atom is -0.312 e. The summed E-state index contributed by atoms with van der Waals surface area (Å²) in [6.45, 7) is 3.59. The highest BCUT2D eigenvalue weighted by Crippen LogP contribution is 2.30. The highest BCUT2D eigenvalue weighted by atomic mass is 32.2. The summed E-state index contributed by atoms with van der Waals surface area (Å²) in [4.78, 5) is 0.326. The molecule has 0 aliphatic carbocycles. The average Bonchev–Trinajstić information content (AvgIpc) is 2.79. The average molecular weight is 326 g/mol. The maximum atomic E-state index is 13.1. The predicted octanol–water partition coefficient (Wildman–Crippen LogP) is 2.83. The molecule has 118 valence electrons. The van der Waals surface area contributed by atoms with Crippen LogP contribution in [0.2, 0.25) is 0 Å². The number of nitrogens with one attached hydrogen (secondary N) is 1. The summed E-state index contributed by atoms with van der Waals surface area (Å²) >= 11 is 0. The van der Waals surface area contributed by atoms with Gasteiger partial charge < -0.3 is 5.32 Å². The van der Waals surface area contributed by atoms with E-state index in [0.29, 0.717) is 4.90 Å². The SMILES string of the molecule is Cc1ccc(S(=O)(=O)n2cc3c4c(cccc42)CNCC3)cc1. The molecule has 1 N–H and O–H groups in total. The minimum atomic E-state index is -3.58. The Hall–Kier alpha value is -2.11. The third kappa shape index (κ3) is 2.28. The van der Waals surface area contributed by atoms with Crippen molar-refractivity contribution in [2.45, 2.75) is 24.8 Å². The Morgan fingerprint density at radius 2 is 1.83 bits per heavy atom. The quantitative estimate of drug-likeness (QED) is 0.788. The molecule has 0 bridgehead atoms. The number of benzene rings is 2. The Kier molecular flexibility index (Phi) is 3.28. The van der Waals surface area contributed by atoms with Crippen molar-refractivity contribution in [2.75, 3.05) is 6.54 Å². The molecule has 0 spiro atoms. The van der Waals surface area contributed by atoms with E-state index in [2.05, 4.69) is 11.4 Å². The standard InChI is InChI=1S/C18H18N2O2S/c1-13-5-7-16(8-6-13)23(21,22)20-12-15-9-10-19-11-14-3-2-4-17(20)18(14)15/h2-8,12,19H,9-11H2,1H3. The first kappa shape index (κ1) is 14.5. The number of nitrogens with zero attached hydrogens (tertiary/aromatic N) is 1. The molecule has 0 amide bonds. The topological polar surface area (TPSA) is 51.1 Å². The van der Waals surface area contributed by atoms with Crippen molar-refractivity contribution < 1.29 is 8.42 Å². The molecule has 1 aliphatic rings. The number of hydrogen-bond acceptors (Lipinski definition) is 3. The van der Waals surface area contributed by atoms with E-state index < -0.39 is 10.0 Å². The first-order valence-electron chi connectivity index (χ1n) is 7.72. The molecule has 4 rings (SSSR count). The van der Waals surface area contributed by atoms with Gasteiger partial charge in [-0.15, -0.1) is 0 Å². The van der Waals surface area contributed by atoms with E-state index in [-0.39, 0.29) is 0 Å². The van der Waals surface area contributed by atoms with Crippen LogP contribution in [0.5, 0.6) is 0 Å². The van der Waals surface area contributed by atoms with Gasteiger partial charge in [-0.1, -0.05) is 29.8 Å². The van der Waals surface area contributed by atoms with Gasteiger partial charge in [-0.05, 0) is 49.2 Å². The van der Waals surface area contributed by atoms with Gasteiger partial charge >= 0.3 is 0 Å². The molecule has 0 fully saturated rings. The summed E-state index contributed by atoms with van der Waals surface area (Å²) in [6.07, 6.45) is 2.63. The van der Waals surface area contributed by atoms with Crippen LogP contribution in [0.3, 0.4) is 0 Å². The van der Waals surface area contributed by atoms with Crippen LogP contribution >= 0.6 is 0 Å². The lowest BCUT2D eigenvalue weighted by Gasteiger charge is -2.09. The molecule has 2 heterocycles. The van der Waals surface area contributed by atoms with E-state index in [0.717, 1.165) is 47.1 Å². The fraction of sp³-hybridized carbons (Fsp3) is 0.222. The van der Waals surface area contributed by atoms with Crippen LogP contribution in [0.4, 0.5) is 0 Å². The molecule has 0 saturated carbocycles. The molecule has 0 saturated heterocycles. The number of hydrogen-bond donors (Lipinski definition) is 1. The normalized spacial score (nSPS) is 14.8. The van der Waals surface area contributed by atoms with Crippen molar-refractivity contribution >= 4 is 20.9 Å². The highest BCUT2D eigenvalue weighted by Gasteiger charge is 2.23. The van der Waals surface area contributed by atoms with E-state index in [1.165, 1.54) is 3.97 Å². The Bertz CT molecular complexity index is 986. The third-order valence-electron chi connectivity index (χ3n) is 4.42. The lowest BCUT2D eigenvalue weighted by Crippen LogP contribution is -2.15. The van der Waals surface area contributed by atoms with Crippen LogP contribution in [0.15, 0.2) is 53.6 Å². The van der Waals surface area contributed by atoms with Gasteiger partial charge in [0.25, 0.3) is 10.0 Å². The van der Waals surface area contributed by atoms with Gasteiger partial charge in [0.15, 0.2) is 0 Å². The lowest BCUT2D eigenvalue weighted by molar-refractivity contribution is 0.589. The van der Waals surface area contributed by atoms with Crippen LogP contribution in [-0.4, -0.2) is 18.9 Å². The zero-order valence-electron chi connectivity index (χ0n) is 12.9. The minimum absolute atomic E-state index is 0.326. The molecule has 0 radical (unpaired) electrons. The molecule has 2 aromatic carbocycles. The molecule has 4 nitrogen and oxygen atoms in total. The second-order valence-corrected chi connectivity index (χ2v) is 7.82. The Morgan fingerprint density at radius 1 is 1.04 bits per heavy atom. The summed E-state index contributed by atoms with van der Waals surface area (Å²) in [5, 5.41) is 4.45. The number of rotatable bonds is 2. The van der Waals surface area contributed by atoms with Gasteiger partial charge in [0.05, 0.1) is 10.4 Å². The molecular weight excluding hydrogens is 308 g/mol. The zero-order valence-corrected chi connectivity index (χ0v) is 13.7. The van der Waals surface area contributed by atoms with Crippen molar-refractivity contribution in [2.24, 2.45) is 0 Å². The van der Waals surface area contributed by atoms with E-state index in [4.69, 9.17) is 0 Å². The summed E-state index contributed by atoms with van der Waals surface area (Å²) in [5.74, 6) is 0. The van der Waals surface area contributed by atoms with Gasteiger partial charge in [-0.3, -0.25) is 0 Å². The summed E-state index contributed by atoms with van der Waals surface area (Å²) in [7, 11) is -3.58. The molecular formula is C18H18N2O2S. The van der Waals surface area contributed by atoms with E-state index >= 15 is 0 Å². The smallest absolute Gasteiger partial charge is 0.268 e. The Labute approximate surface area is 135 Å². The maximum absolute atomic E-state index is 13.1. The van der Waals surface area contributed by atoms with Crippen molar-refractivity contribution in [3.05, 3.63) is 65.4 Å². The van der Waals surface area contributed by atoms with Crippen molar-refractivity contribution in [1.82, 2.24) is 9.29 Å². The first-order valence-corrected chi connectivity index (χ1v) is 9.16. The third-order valence-corrected chi connectivity index (χ3v) is 6.11. The van der Waals surface area contributed by atoms with Crippen LogP contribution < -0.4 is 5.32 Å². The summed E-state index contributed by atoms with van der Waals surface area (Å²) in [5.41, 5.74) is 4.07. The second kappa shape index (κ2) is 5.22. The van der Waals surface area contributed by atoms with Gasteiger partial charge in [-0.2, -0.15) is 0 Å². The van der Waals surface area contributed by atoms with Gasteiger partial charge in [0.1, 0.15) is 0 Å². The largest absolute Gasteiger partial charge is 0.312 e. The van der Waals surface area contributed by atoms with Gasteiger partial charge in [0, 0.05) is 18.1 Å². The summed E-state index contributed by atoms with van der Waals surface area (Å²) in [6, 6.07) is 12.9. The molecule has 23 heavy (non-hydrogen) atoms. The van der Waals surface area contributed by atoms with Gasteiger partial charge in [0.2, 0.25) is 0 Å². The highest BCUT2D eigenvalue weighted by molar-refractivity contribution is 7.90. The van der Waals surface area contributed by atoms with E-state index in [9.17, 15) is 8.42 Å². The molecule has 1 aromatic heterocycles. The van der Waals surface area contributed by atoms with Crippen LogP contribution in [0.25, 0.3) is 10.9 Å². The van der Waals surface area contributed by atoms with Crippen LogP contribution in [-0.2, 0) is 23.0 Å². The van der Waals surface area contributed by atoms with Crippen molar-refractivity contribution in [1.29, 1.82) is 0 Å². The number of aryl methyl sites for hydroxylation is 1. The fourth-order valence-electron chi connectivity index (χ4n) is 3.22. The van der Waals surface area contributed by atoms with E-state index in [1.807, 2.05) is 31.2 Å². The second-order valence-electron chi connectivity index (χ2n) is 6.01. The predicted molar refractivity (Wildman–Crippen MR) is 91.1 cm³/mol. The molecule has 5 heteroatoms. The van der Waals surface area contributed by atoms with Crippen LogP contribution in [0, 0.1) is 6.92 Å². The molecule has 0 unspecified atom stereocenters. The van der Waals surface area contributed by atoms with E-state index in [1.54, 1.807) is 18.3 Å². The van der Waals surface area contributed by atoms with Crippen molar-refractivity contribution in [3.8, 4) is 0 Å². The molecule has 0 atom stereocenters. The van der Waals surface area contributed by atoms with Crippen LogP contribution in [0.1, 0.15) is 16.7 Å². The fourth-order valence-corrected chi connectivity index (χ4v) is 4.61. The monoisotopic (exact) mass is 326 g/mol. The Balaban J connectivity index is 1.98. The molecule has 1 aliphatic heterocycles. The molecule has 3 aromatic rings.